The molecule has 1 fully saturated rings. The summed E-state index contributed by atoms with van der Waals surface area (Å²) in [5, 5.41) is 13.1. The Hall–Kier alpha value is -1.22. The Balaban J connectivity index is 2.02. The van der Waals surface area contributed by atoms with E-state index in [0.717, 1.165) is 19.5 Å². The van der Waals surface area contributed by atoms with E-state index in [1.54, 1.807) is 6.07 Å². The zero-order chi connectivity index (χ0) is 12.1. The quantitative estimate of drug-likeness (QED) is 0.841. The van der Waals surface area contributed by atoms with Gasteiger partial charge in [-0.1, -0.05) is 6.07 Å². The van der Waals surface area contributed by atoms with Crippen molar-refractivity contribution in [1.82, 2.24) is 5.32 Å². The van der Waals surface area contributed by atoms with Gasteiger partial charge in [0.25, 0.3) is 0 Å². The number of piperidine rings is 1. The van der Waals surface area contributed by atoms with Crippen LogP contribution in [0.15, 0.2) is 18.2 Å². The van der Waals surface area contributed by atoms with Gasteiger partial charge in [0.1, 0.15) is 0 Å². The number of benzene rings is 1. The SMILES string of the molecule is CCOc1cc(CC2CCCNC2)ccc1O. The van der Waals surface area contributed by atoms with Gasteiger partial charge in [-0.2, -0.15) is 0 Å². The number of ether oxygens (including phenoxy) is 1. The smallest absolute Gasteiger partial charge is 0.161 e. The Bertz CT molecular complexity index is 359. The van der Waals surface area contributed by atoms with Crippen LogP contribution in [0.1, 0.15) is 25.3 Å². The van der Waals surface area contributed by atoms with Crippen molar-refractivity contribution in [2.45, 2.75) is 26.2 Å². The summed E-state index contributed by atoms with van der Waals surface area (Å²) in [5.74, 6) is 1.55. The first-order valence-corrected chi connectivity index (χ1v) is 6.45. The second kappa shape index (κ2) is 5.92. The summed E-state index contributed by atoms with van der Waals surface area (Å²) in [6.07, 6.45) is 3.62. The van der Waals surface area contributed by atoms with Crippen molar-refractivity contribution in [2.24, 2.45) is 5.92 Å². The van der Waals surface area contributed by atoms with E-state index < -0.39 is 0 Å². The first kappa shape index (κ1) is 12.2. The molecule has 1 unspecified atom stereocenters. The van der Waals surface area contributed by atoms with Gasteiger partial charge in [0.15, 0.2) is 11.5 Å². The highest BCUT2D eigenvalue weighted by atomic mass is 16.5. The fourth-order valence-corrected chi connectivity index (χ4v) is 2.39. The first-order valence-electron chi connectivity index (χ1n) is 6.45. The Labute approximate surface area is 103 Å². The third-order valence-corrected chi connectivity index (χ3v) is 3.25. The van der Waals surface area contributed by atoms with E-state index in [0.29, 0.717) is 18.3 Å². The number of hydrogen-bond acceptors (Lipinski definition) is 3. The lowest BCUT2D eigenvalue weighted by molar-refractivity contribution is 0.317. The number of phenols is 1. The van der Waals surface area contributed by atoms with E-state index in [9.17, 15) is 5.11 Å². The van der Waals surface area contributed by atoms with Gasteiger partial charge in [-0.05, 0) is 62.9 Å². The van der Waals surface area contributed by atoms with Crippen LogP contribution in [0.25, 0.3) is 0 Å². The van der Waals surface area contributed by atoms with Crippen molar-refractivity contribution in [1.29, 1.82) is 0 Å². The standard InChI is InChI=1S/C14H21NO2/c1-2-17-14-9-11(5-6-13(14)16)8-12-4-3-7-15-10-12/h5-6,9,12,15-16H,2-4,7-8,10H2,1H3. The van der Waals surface area contributed by atoms with Crippen LogP contribution >= 0.6 is 0 Å². The highest BCUT2D eigenvalue weighted by Gasteiger charge is 2.14. The van der Waals surface area contributed by atoms with Gasteiger partial charge in [-0.3, -0.25) is 0 Å². The van der Waals surface area contributed by atoms with Gasteiger partial charge in [0.2, 0.25) is 0 Å². The molecule has 0 aromatic heterocycles. The molecule has 0 saturated carbocycles. The van der Waals surface area contributed by atoms with E-state index in [-0.39, 0.29) is 5.75 Å². The van der Waals surface area contributed by atoms with E-state index >= 15 is 0 Å². The minimum atomic E-state index is 0.234. The molecule has 3 nitrogen and oxygen atoms in total. The van der Waals surface area contributed by atoms with Gasteiger partial charge >= 0.3 is 0 Å². The Kier molecular flexibility index (Phi) is 4.26. The summed E-state index contributed by atoms with van der Waals surface area (Å²) in [7, 11) is 0. The minimum Gasteiger partial charge on any atom is -0.504 e. The molecule has 1 saturated heterocycles. The topological polar surface area (TPSA) is 41.5 Å². The molecule has 0 amide bonds. The number of hydrogen-bond donors (Lipinski definition) is 2. The maximum absolute atomic E-state index is 9.63. The highest BCUT2D eigenvalue weighted by Crippen LogP contribution is 2.28. The van der Waals surface area contributed by atoms with E-state index in [2.05, 4.69) is 5.32 Å². The molecule has 94 valence electrons. The van der Waals surface area contributed by atoms with Gasteiger partial charge in [-0.25, -0.2) is 0 Å². The van der Waals surface area contributed by atoms with Crippen LogP contribution in [0.4, 0.5) is 0 Å². The zero-order valence-electron chi connectivity index (χ0n) is 10.4. The number of phenolic OH excluding ortho intramolecular Hbond substituents is 1. The highest BCUT2D eigenvalue weighted by molar-refractivity contribution is 5.41. The predicted octanol–water partition coefficient (Wildman–Crippen LogP) is 2.33. The minimum absolute atomic E-state index is 0.234. The van der Waals surface area contributed by atoms with Gasteiger partial charge in [0.05, 0.1) is 6.61 Å². The molecule has 2 N–H and O–H groups in total. The first-order chi connectivity index (χ1) is 8.29. The molecule has 1 aliphatic rings. The lowest BCUT2D eigenvalue weighted by Gasteiger charge is -2.22. The number of rotatable bonds is 4. The summed E-state index contributed by atoms with van der Waals surface area (Å²) >= 11 is 0. The summed E-state index contributed by atoms with van der Waals surface area (Å²) in [6, 6.07) is 5.69. The molecule has 0 aliphatic carbocycles. The van der Waals surface area contributed by atoms with Crippen LogP contribution in [0.5, 0.6) is 11.5 Å². The zero-order valence-corrected chi connectivity index (χ0v) is 10.4. The monoisotopic (exact) mass is 235 g/mol. The van der Waals surface area contributed by atoms with Crippen LogP contribution in [0.2, 0.25) is 0 Å². The normalized spacial score (nSPS) is 20.2. The van der Waals surface area contributed by atoms with Crippen LogP contribution < -0.4 is 10.1 Å². The second-order valence-corrected chi connectivity index (χ2v) is 4.65. The molecule has 0 spiro atoms. The summed E-state index contributed by atoms with van der Waals surface area (Å²) in [5.41, 5.74) is 1.25. The molecule has 1 heterocycles. The van der Waals surface area contributed by atoms with Crippen LogP contribution in [-0.4, -0.2) is 24.8 Å². The molecular weight excluding hydrogens is 214 g/mol. The third kappa shape index (κ3) is 3.37. The predicted molar refractivity (Wildman–Crippen MR) is 68.6 cm³/mol. The second-order valence-electron chi connectivity index (χ2n) is 4.65. The van der Waals surface area contributed by atoms with Crippen molar-refractivity contribution in [2.75, 3.05) is 19.7 Å². The van der Waals surface area contributed by atoms with Crippen molar-refractivity contribution >= 4 is 0 Å². The Morgan fingerprint density at radius 1 is 1.47 bits per heavy atom. The fourth-order valence-electron chi connectivity index (χ4n) is 2.39. The molecule has 0 bridgehead atoms. The van der Waals surface area contributed by atoms with Crippen LogP contribution in [-0.2, 0) is 6.42 Å². The van der Waals surface area contributed by atoms with Crippen LogP contribution in [0.3, 0.4) is 0 Å². The fraction of sp³-hybridized carbons (Fsp3) is 0.571. The summed E-state index contributed by atoms with van der Waals surface area (Å²) in [6.45, 7) is 4.76. The maximum Gasteiger partial charge on any atom is 0.161 e. The molecule has 3 heteroatoms. The Morgan fingerprint density at radius 2 is 2.35 bits per heavy atom. The molecule has 2 rings (SSSR count). The largest absolute Gasteiger partial charge is 0.504 e. The van der Waals surface area contributed by atoms with Gasteiger partial charge in [0, 0.05) is 0 Å². The van der Waals surface area contributed by atoms with Crippen LogP contribution in [0, 0.1) is 5.92 Å². The maximum atomic E-state index is 9.63. The molecular formula is C14H21NO2. The molecule has 1 aromatic rings. The lowest BCUT2D eigenvalue weighted by atomic mass is 9.92. The molecule has 1 aliphatic heterocycles. The van der Waals surface area contributed by atoms with Gasteiger partial charge in [-0.15, -0.1) is 0 Å². The number of aromatic hydroxyl groups is 1. The lowest BCUT2D eigenvalue weighted by Crippen LogP contribution is -2.30. The Morgan fingerprint density at radius 3 is 3.06 bits per heavy atom. The van der Waals surface area contributed by atoms with Crippen molar-refractivity contribution in [3.8, 4) is 11.5 Å². The molecule has 1 atom stereocenters. The van der Waals surface area contributed by atoms with E-state index in [1.807, 2.05) is 19.1 Å². The average molecular weight is 235 g/mol. The number of nitrogens with one attached hydrogen (secondary N) is 1. The van der Waals surface area contributed by atoms with Crippen molar-refractivity contribution in [3.05, 3.63) is 23.8 Å². The molecule has 0 radical (unpaired) electrons. The average Bonchev–Trinajstić information content (AvgIpc) is 2.35. The van der Waals surface area contributed by atoms with E-state index in [4.69, 9.17) is 4.74 Å². The third-order valence-electron chi connectivity index (χ3n) is 3.25. The van der Waals surface area contributed by atoms with Gasteiger partial charge < -0.3 is 15.2 Å². The molecule has 1 aromatic carbocycles. The molecule has 17 heavy (non-hydrogen) atoms. The summed E-state index contributed by atoms with van der Waals surface area (Å²) < 4.78 is 5.40. The summed E-state index contributed by atoms with van der Waals surface area (Å²) in [4.78, 5) is 0. The van der Waals surface area contributed by atoms with E-state index in [1.165, 1.54) is 18.4 Å². The van der Waals surface area contributed by atoms with Crippen molar-refractivity contribution < 1.29 is 9.84 Å². The van der Waals surface area contributed by atoms with Crippen molar-refractivity contribution in [3.63, 3.8) is 0 Å².